The number of aromatic hydroxyl groups is 1. The first kappa shape index (κ1) is 32.4. The molecule has 0 heterocycles. The maximum absolute atomic E-state index is 14.3. The fourth-order valence-corrected chi connectivity index (χ4v) is 9.06. The molecule has 1 aromatic carbocycles. The molecule has 10 heteroatoms. The molecule has 1 aromatic rings. The van der Waals surface area contributed by atoms with Gasteiger partial charge in [0.1, 0.15) is 5.75 Å². The summed E-state index contributed by atoms with van der Waals surface area (Å²) in [4.78, 5) is 69.1. The molecule has 0 spiro atoms. The number of Topliss-reactive ketones (excluding diaryl/α,β-unsaturated/α-hetero) is 4. The van der Waals surface area contributed by atoms with Crippen LogP contribution in [-0.2, 0) is 19.2 Å². The minimum Gasteiger partial charge on any atom is -0.507 e. The predicted octanol–water partition coefficient (Wildman–Crippen LogP) is 2.50. The lowest BCUT2D eigenvalue weighted by molar-refractivity contribution is -0.196. The van der Waals surface area contributed by atoms with Crippen molar-refractivity contribution in [1.82, 2.24) is 4.90 Å². The van der Waals surface area contributed by atoms with Gasteiger partial charge >= 0.3 is 0 Å². The minimum absolute atomic E-state index is 0.0144. The summed E-state index contributed by atoms with van der Waals surface area (Å²) in [5, 5.41) is 35.5. The van der Waals surface area contributed by atoms with Crippen LogP contribution in [0.15, 0.2) is 12.1 Å². The number of likely N-dealkylation sites (N-methyl/N-ethyl adjacent to an activating group) is 1. The van der Waals surface area contributed by atoms with E-state index in [9.17, 15) is 39.3 Å². The van der Waals surface area contributed by atoms with Crippen LogP contribution in [0.1, 0.15) is 99.0 Å². The first-order chi connectivity index (χ1) is 20.7. The summed E-state index contributed by atoms with van der Waals surface area (Å²) in [5.74, 6) is -11.8. The molecule has 5 N–H and O–H groups in total. The number of unbranched alkanes of at least 4 members (excludes halogenated alkanes) is 1. The molecular formula is C34H46N2O8. The maximum atomic E-state index is 14.3. The molecule has 3 saturated carbocycles. The van der Waals surface area contributed by atoms with E-state index in [-0.39, 0.29) is 17.2 Å². The molecule has 4 aliphatic rings. The van der Waals surface area contributed by atoms with Crippen molar-refractivity contribution in [3.8, 4) is 5.75 Å². The number of ketones is 4. The number of aliphatic hydroxyl groups excluding tert-OH is 1. The molecule has 3 unspecified atom stereocenters. The fourth-order valence-electron chi connectivity index (χ4n) is 9.06. The van der Waals surface area contributed by atoms with E-state index in [2.05, 4.69) is 13.8 Å². The number of hydrogen-bond acceptors (Lipinski definition) is 9. The Kier molecular flexibility index (Phi) is 8.67. The Morgan fingerprint density at radius 1 is 1.07 bits per heavy atom. The average molecular weight is 611 g/mol. The Morgan fingerprint density at radius 2 is 1.70 bits per heavy atom. The van der Waals surface area contributed by atoms with Gasteiger partial charge in [0.2, 0.25) is 5.91 Å². The van der Waals surface area contributed by atoms with Crippen molar-refractivity contribution in [3.05, 3.63) is 28.8 Å². The van der Waals surface area contributed by atoms with E-state index in [0.717, 1.165) is 44.9 Å². The van der Waals surface area contributed by atoms with E-state index in [1.807, 2.05) is 6.07 Å². The number of carbonyl (C=O) groups excluding carboxylic acids is 5. The normalized spacial score (nSPS) is 37.8. The summed E-state index contributed by atoms with van der Waals surface area (Å²) >= 11 is 0. The largest absolute Gasteiger partial charge is 0.507 e. The standard InChI is InChI=1S/C34H46N2O8/c1-6-7-8-19(17-11-9-15(2)10-12-17)20-14-13-18-16(3)21-23(28(38)22(18)27(20)37)31(41)34(44)25(29(21)39)26(36(4)5)30(40)24(32(34)42)33(35)43/h13-17,19,21,23-26,29,37,39,44H,6-12H2,1-5H3,(H2,35,43)/t15?,16-,17?,19?,21+,23?,24?,25+,26-,29-,34-/m0/s1. The third-order valence-electron chi connectivity index (χ3n) is 11.4. The van der Waals surface area contributed by atoms with E-state index in [1.54, 1.807) is 13.0 Å². The van der Waals surface area contributed by atoms with Crippen molar-refractivity contribution >= 4 is 29.0 Å². The second-order valence-electron chi connectivity index (χ2n) is 14.1. The number of nitrogens with two attached hydrogens (primary N) is 1. The van der Waals surface area contributed by atoms with Crippen molar-refractivity contribution in [2.45, 2.75) is 95.3 Å². The third kappa shape index (κ3) is 4.67. The molecule has 0 saturated heterocycles. The van der Waals surface area contributed by atoms with Gasteiger partial charge in [0.25, 0.3) is 0 Å². The molecule has 9 atom stereocenters. The van der Waals surface area contributed by atoms with E-state index in [4.69, 9.17) is 5.73 Å². The Bertz CT molecular complexity index is 1380. The summed E-state index contributed by atoms with van der Waals surface area (Å²) in [5.41, 5.74) is 3.53. The van der Waals surface area contributed by atoms with Crippen LogP contribution in [0.25, 0.3) is 0 Å². The van der Waals surface area contributed by atoms with Crippen molar-refractivity contribution in [2.75, 3.05) is 14.1 Å². The molecule has 0 radical (unpaired) electrons. The molecule has 1 amide bonds. The quantitative estimate of drug-likeness (QED) is 0.338. The van der Waals surface area contributed by atoms with Crippen molar-refractivity contribution in [1.29, 1.82) is 0 Å². The lowest BCUT2D eigenvalue weighted by Crippen LogP contribution is -2.77. The van der Waals surface area contributed by atoms with Crippen LogP contribution in [0.2, 0.25) is 0 Å². The van der Waals surface area contributed by atoms with Crippen LogP contribution >= 0.6 is 0 Å². The number of carbonyl (C=O) groups is 5. The molecule has 5 rings (SSSR count). The Balaban J connectivity index is 1.62. The van der Waals surface area contributed by atoms with Gasteiger partial charge in [-0.25, -0.2) is 0 Å². The van der Waals surface area contributed by atoms with E-state index in [0.29, 0.717) is 23.0 Å². The average Bonchev–Trinajstić information content (AvgIpc) is 2.96. The highest BCUT2D eigenvalue weighted by Gasteiger charge is 2.73. The highest BCUT2D eigenvalue weighted by Crippen LogP contribution is 2.55. The Morgan fingerprint density at radius 3 is 2.27 bits per heavy atom. The number of benzene rings is 1. The Hall–Kier alpha value is -2.95. The van der Waals surface area contributed by atoms with E-state index in [1.165, 1.54) is 19.0 Å². The van der Waals surface area contributed by atoms with Crippen molar-refractivity contribution in [2.24, 2.45) is 41.2 Å². The van der Waals surface area contributed by atoms with Crippen LogP contribution in [0.3, 0.4) is 0 Å². The lowest BCUT2D eigenvalue weighted by Gasteiger charge is -2.56. The van der Waals surface area contributed by atoms with Gasteiger partial charge in [-0.05, 0) is 68.2 Å². The van der Waals surface area contributed by atoms with Gasteiger partial charge in [0, 0.05) is 5.92 Å². The number of phenolic OH excluding ortho intramolecular Hbond substituents is 1. The first-order valence-corrected chi connectivity index (χ1v) is 16.1. The predicted molar refractivity (Wildman–Crippen MR) is 161 cm³/mol. The molecule has 10 nitrogen and oxygen atoms in total. The van der Waals surface area contributed by atoms with Gasteiger partial charge in [-0.1, -0.05) is 58.6 Å². The van der Waals surface area contributed by atoms with Crippen molar-refractivity contribution in [3.63, 3.8) is 0 Å². The molecule has 240 valence electrons. The number of rotatable bonds is 7. The lowest BCUT2D eigenvalue weighted by atomic mass is 9.49. The summed E-state index contributed by atoms with van der Waals surface area (Å²) in [7, 11) is 2.96. The van der Waals surface area contributed by atoms with Gasteiger partial charge in [-0.15, -0.1) is 0 Å². The maximum Gasteiger partial charge on any atom is 0.235 e. The molecule has 44 heavy (non-hydrogen) atoms. The van der Waals surface area contributed by atoms with Gasteiger partial charge in [-0.2, -0.15) is 0 Å². The second-order valence-corrected chi connectivity index (χ2v) is 14.1. The fraction of sp³-hybridized carbons (Fsp3) is 0.676. The molecule has 3 fully saturated rings. The zero-order chi connectivity index (χ0) is 32.4. The smallest absolute Gasteiger partial charge is 0.235 e. The Labute approximate surface area is 258 Å². The number of nitrogens with zero attached hydrogens (tertiary/aromatic N) is 1. The van der Waals surface area contributed by atoms with Crippen LogP contribution in [0.5, 0.6) is 5.75 Å². The number of amides is 1. The zero-order valence-electron chi connectivity index (χ0n) is 26.3. The van der Waals surface area contributed by atoms with Crippen LogP contribution in [0.4, 0.5) is 0 Å². The summed E-state index contributed by atoms with van der Waals surface area (Å²) in [6.07, 6.45) is 5.39. The molecule has 0 bridgehead atoms. The highest BCUT2D eigenvalue weighted by molar-refractivity contribution is 6.32. The zero-order valence-corrected chi connectivity index (χ0v) is 26.3. The molecular weight excluding hydrogens is 564 g/mol. The summed E-state index contributed by atoms with van der Waals surface area (Å²) in [6, 6.07) is 2.29. The SMILES string of the molecule is CCCCC(c1ccc2c(c1O)C(=O)C1C(=O)[C@]3(O)C(=O)C(C(N)=O)C(=O)[C@@H](N(C)C)[C@@H]3[C@@H](O)[C@@H]1[C@H]2C)C1CCC(C)CC1. The highest BCUT2D eigenvalue weighted by atomic mass is 16.3. The van der Waals surface area contributed by atoms with Crippen LogP contribution < -0.4 is 5.73 Å². The molecule has 0 aromatic heterocycles. The molecule has 4 aliphatic carbocycles. The second kappa shape index (κ2) is 11.8. The van der Waals surface area contributed by atoms with Gasteiger partial charge in [0.05, 0.1) is 29.5 Å². The monoisotopic (exact) mass is 610 g/mol. The van der Waals surface area contributed by atoms with Crippen LogP contribution in [-0.4, -0.2) is 81.1 Å². The number of aliphatic hydroxyl groups is 2. The van der Waals surface area contributed by atoms with Crippen LogP contribution in [0, 0.1) is 35.5 Å². The number of hydrogen-bond donors (Lipinski definition) is 4. The number of primary amides is 1. The molecule has 0 aliphatic heterocycles. The van der Waals surface area contributed by atoms with Gasteiger partial charge < -0.3 is 21.1 Å². The van der Waals surface area contributed by atoms with Gasteiger partial charge in [-0.3, -0.25) is 28.9 Å². The summed E-state index contributed by atoms with van der Waals surface area (Å²) in [6.45, 7) is 6.10. The van der Waals surface area contributed by atoms with Crippen molar-refractivity contribution < 1.29 is 39.3 Å². The summed E-state index contributed by atoms with van der Waals surface area (Å²) < 4.78 is 0. The number of phenols is 1. The topological polar surface area (TPSA) is 175 Å². The third-order valence-corrected chi connectivity index (χ3v) is 11.4. The van der Waals surface area contributed by atoms with E-state index < -0.39 is 76.4 Å². The number of fused-ring (bicyclic) bond motifs is 3. The first-order valence-electron chi connectivity index (χ1n) is 16.1. The minimum atomic E-state index is -2.99. The van der Waals surface area contributed by atoms with E-state index >= 15 is 0 Å². The van der Waals surface area contributed by atoms with Gasteiger partial charge in [0.15, 0.2) is 34.7 Å².